The molecule has 1 atom stereocenters. The number of rotatable bonds is 6. The Kier molecular flexibility index (Phi) is 5.03. The standard InChI is InChI=1S/C15H20N2O4/c1-10(15(19)20)4-3-7-17-14(18)11-5-2-6-12-13(11)21-9-8-16-12/h2,5-6,10,16H,3-4,7-9H2,1H3,(H,17,18)(H,19,20). The van der Waals surface area contributed by atoms with E-state index >= 15 is 0 Å². The molecule has 2 rings (SSSR count). The molecule has 6 heteroatoms. The number of carboxylic acids is 1. The molecule has 0 aromatic heterocycles. The summed E-state index contributed by atoms with van der Waals surface area (Å²) >= 11 is 0. The van der Waals surface area contributed by atoms with Gasteiger partial charge in [0.2, 0.25) is 0 Å². The number of fused-ring (bicyclic) bond motifs is 1. The Morgan fingerprint density at radius 2 is 2.29 bits per heavy atom. The van der Waals surface area contributed by atoms with Gasteiger partial charge < -0.3 is 20.5 Å². The van der Waals surface area contributed by atoms with Crippen LogP contribution in [0.5, 0.6) is 5.75 Å². The van der Waals surface area contributed by atoms with Crippen molar-refractivity contribution < 1.29 is 19.4 Å². The molecule has 0 aliphatic carbocycles. The van der Waals surface area contributed by atoms with Gasteiger partial charge in [-0.25, -0.2) is 0 Å². The van der Waals surface area contributed by atoms with E-state index in [0.717, 1.165) is 12.2 Å². The monoisotopic (exact) mass is 292 g/mol. The maximum atomic E-state index is 12.2. The fraction of sp³-hybridized carbons (Fsp3) is 0.467. The number of nitrogens with one attached hydrogen (secondary N) is 2. The van der Waals surface area contributed by atoms with Crippen molar-refractivity contribution in [2.24, 2.45) is 5.92 Å². The molecule has 114 valence electrons. The van der Waals surface area contributed by atoms with Crippen molar-refractivity contribution in [1.29, 1.82) is 0 Å². The Labute approximate surface area is 123 Å². The van der Waals surface area contributed by atoms with E-state index in [4.69, 9.17) is 9.84 Å². The smallest absolute Gasteiger partial charge is 0.306 e. The molecule has 1 aromatic rings. The largest absolute Gasteiger partial charge is 0.489 e. The van der Waals surface area contributed by atoms with E-state index < -0.39 is 5.97 Å². The zero-order chi connectivity index (χ0) is 15.2. The molecule has 0 radical (unpaired) electrons. The highest BCUT2D eigenvalue weighted by Gasteiger charge is 2.18. The predicted octanol–water partition coefficient (Wildman–Crippen LogP) is 1.72. The third-order valence-electron chi connectivity index (χ3n) is 3.44. The van der Waals surface area contributed by atoms with Gasteiger partial charge in [0.1, 0.15) is 6.61 Å². The Morgan fingerprint density at radius 3 is 3.05 bits per heavy atom. The van der Waals surface area contributed by atoms with Gasteiger partial charge in [-0.05, 0) is 25.0 Å². The van der Waals surface area contributed by atoms with Gasteiger partial charge in [0.25, 0.3) is 5.91 Å². The minimum atomic E-state index is -0.807. The lowest BCUT2D eigenvalue weighted by Crippen LogP contribution is -2.27. The highest BCUT2D eigenvalue weighted by atomic mass is 16.5. The number of carboxylic acid groups (broad SMARTS) is 1. The molecule has 1 aliphatic rings. The van der Waals surface area contributed by atoms with Gasteiger partial charge >= 0.3 is 5.97 Å². The van der Waals surface area contributed by atoms with Crippen molar-refractivity contribution in [1.82, 2.24) is 5.32 Å². The number of hydrogen-bond acceptors (Lipinski definition) is 4. The van der Waals surface area contributed by atoms with Crippen LogP contribution in [0.2, 0.25) is 0 Å². The summed E-state index contributed by atoms with van der Waals surface area (Å²) < 4.78 is 5.55. The molecule has 6 nitrogen and oxygen atoms in total. The summed E-state index contributed by atoms with van der Waals surface area (Å²) in [4.78, 5) is 22.9. The number of benzene rings is 1. The van der Waals surface area contributed by atoms with Crippen LogP contribution >= 0.6 is 0 Å². The number of amides is 1. The maximum absolute atomic E-state index is 12.2. The fourth-order valence-corrected chi connectivity index (χ4v) is 2.18. The van der Waals surface area contributed by atoms with Crippen molar-refractivity contribution in [2.75, 3.05) is 25.0 Å². The average molecular weight is 292 g/mol. The van der Waals surface area contributed by atoms with Crippen LogP contribution < -0.4 is 15.4 Å². The third-order valence-corrected chi connectivity index (χ3v) is 3.44. The lowest BCUT2D eigenvalue weighted by Gasteiger charge is -2.21. The SMILES string of the molecule is CC(CCCNC(=O)c1cccc2c1OCCN2)C(=O)O. The Balaban J connectivity index is 1.88. The van der Waals surface area contributed by atoms with Crippen LogP contribution in [0.15, 0.2) is 18.2 Å². The van der Waals surface area contributed by atoms with Gasteiger partial charge in [0.15, 0.2) is 5.75 Å². The van der Waals surface area contributed by atoms with Crippen molar-refractivity contribution in [3.8, 4) is 5.75 Å². The van der Waals surface area contributed by atoms with Gasteiger partial charge in [0.05, 0.1) is 17.2 Å². The molecule has 1 aliphatic heterocycles. The van der Waals surface area contributed by atoms with Gasteiger partial charge in [-0.1, -0.05) is 13.0 Å². The zero-order valence-electron chi connectivity index (χ0n) is 12.0. The molecular weight excluding hydrogens is 272 g/mol. The highest BCUT2D eigenvalue weighted by Crippen LogP contribution is 2.30. The molecular formula is C15H20N2O4. The summed E-state index contributed by atoms with van der Waals surface area (Å²) in [5.41, 5.74) is 1.33. The van der Waals surface area contributed by atoms with Crippen LogP contribution in [0.25, 0.3) is 0 Å². The maximum Gasteiger partial charge on any atom is 0.306 e. The lowest BCUT2D eigenvalue weighted by atomic mass is 10.1. The first-order valence-electron chi connectivity index (χ1n) is 7.10. The second-order valence-corrected chi connectivity index (χ2v) is 5.09. The number of para-hydroxylation sites is 1. The molecule has 0 fully saturated rings. The molecule has 1 amide bonds. The van der Waals surface area contributed by atoms with Gasteiger partial charge in [0, 0.05) is 13.1 Å². The van der Waals surface area contributed by atoms with Gasteiger partial charge in [-0.15, -0.1) is 0 Å². The van der Waals surface area contributed by atoms with Crippen LogP contribution in [-0.2, 0) is 4.79 Å². The van der Waals surface area contributed by atoms with E-state index in [-0.39, 0.29) is 11.8 Å². The Hall–Kier alpha value is -2.24. The van der Waals surface area contributed by atoms with Crippen LogP contribution in [0.1, 0.15) is 30.1 Å². The molecule has 3 N–H and O–H groups in total. The van der Waals surface area contributed by atoms with Crippen LogP contribution in [0.4, 0.5) is 5.69 Å². The quantitative estimate of drug-likeness (QED) is 0.695. The molecule has 0 bridgehead atoms. The third kappa shape index (κ3) is 3.87. The minimum absolute atomic E-state index is 0.196. The van der Waals surface area contributed by atoms with Crippen molar-refractivity contribution in [3.63, 3.8) is 0 Å². The van der Waals surface area contributed by atoms with Crippen LogP contribution in [0, 0.1) is 5.92 Å². The molecule has 1 unspecified atom stereocenters. The summed E-state index contributed by atoms with van der Waals surface area (Å²) in [6.45, 7) is 3.38. The van der Waals surface area contributed by atoms with E-state index in [9.17, 15) is 9.59 Å². The van der Waals surface area contributed by atoms with E-state index in [0.29, 0.717) is 37.3 Å². The van der Waals surface area contributed by atoms with E-state index in [1.807, 2.05) is 12.1 Å². The van der Waals surface area contributed by atoms with Crippen LogP contribution in [-0.4, -0.2) is 36.7 Å². The topological polar surface area (TPSA) is 87.7 Å². The number of hydrogen-bond donors (Lipinski definition) is 3. The second kappa shape index (κ2) is 6.97. The number of aliphatic carboxylic acids is 1. The Morgan fingerprint density at radius 1 is 1.48 bits per heavy atom. The molecule has 0 spiro atoms. The van der Waals surface area contributed by atoms with Crippen molar-refractivity contribution >= 4 is 17.6 Å². The first kappa shape index (κ1) is 15.2. The van der Waals surface area contributed by atoms with E-state index in [1.54, 1.807) is 13.0 Å². The number of ether oxygens (including phenoxy) is 1. The first-order valence-corrected chi connectivity index (χ1v) is 7.10. The van der Waals surface area contributed by atoms with E-state index in [1.165, 1.54) is 0 Å². The second-order valence-electron chi connectivity index (χ2n) is 5.09. The first-order chi connectivity index (χ1) is 10.1. The molecule has 1 aromatic carbocycles. The van der Waals surface area contributed by atoms with Gasteiger partial charge in [-0.2, -0.15) is 0 Å². The van der Waals surface area contributed by atoms with Gasteiger partial charge in [-0.3, -0.25) is 9.59 Å². The molecule has 1 heterocycles. The Bertz CT molecular complexity index is 530. The fourth-order valence-electron chi connectivity index (χ4n) is 2.18. The summed E-state index contributed by atoms with van der Waals surface area (Å²) in [6, 6.07) is 5.41. The lowest BCUT2D eigenvalue weighted by molar-refractivity contribution is -0.141. The average Bonchev–Trinajstić information content (AvgIpc) is 2.50. The normalized spacial score (nSPS) is 14.3. The summed E-state index contributed by atoms with van der Waals surface area (Å²) in [6.07, 6.45) is 1.17. The molecule has 21 heavy (non-hydrogen) atoms. The number of carbonyl (C=O) groups is 2. The minimum Gasteiger partial charge on any atom is -0.489 e. The van der Waals surface area contributed by atoms with Crippen LogP contribution in [0.3, 0.4) is 0 Å². The number of carbonyl (C=O) groups excluding carboxylic acids is 1. The molecule has 0 saturated carbocycles. The predicted molar refractivity (Wildman–Crippen MR) is 78.8 cm³/mol. The summed E-state index contributed by atoms with van der Waals surface area (Å²) in [5, 5.41) is 14.8. The highest BCUT2D eigenvalue weighted by molar-refractivity contribution is 5.98. The number of anilines is 1. The summed E-state index contributed by atoms with van der Waals surface area (Å²) in [7, 11) is 0. The summed E-state index contributed by atoms with van der Waals surface area (Å²) in [5.74, 6) is -0.810. The van der Waals surface area contributed by atoms with Crippen molar-refractivity contribution in [3.05, 3.63) is 23.8 Å². The van der Waals surface area contributed by atoms with Crippen molar-refractivity contribution in [2.45, 2.75) is 19.8 Å². The zero-order valence-corrected chi connectivity index (χ0v) is 12.0. The van der Waals surface area contributed by atoms with E-state index in [2.05, 4.69) is 10.6 Å². The molecule has 0 saturated heterocycles.